The van der Waals surface area contributed by atoms with E-state index < -0.39 is 0 Å². The van der Waals surface area contributed by atoms with E-state index in [0.29, 0.717) is 12.2 Å². The summed E-state index contributed by atoms with van der Waals surface area (Å²) in [5.74, 6) is 0. The number of rotatable bonds is 1. The Kier molecular flexibility index (Phi) is 2.62. The molecule has 0 aliphatic carbocycles. The zero-order valence-corrected chi connectivity index (χ0v) is 7.81. The topological polar surface area (TPSA) is 33.0 Å². The van der Waals surface area contributed by atoms with Crippen LogP contribution in [-0.4, -0.2) is 6.61 Å². The second kappa shape index (κ2) is 4.08. The lowest BCUT2D eigenvalue weighted by Gasteiger charge is -2.18. The summed E-state index contributed by atoms with van der Waals surface area (Å²) >= 11 is 0. The van der Waals surface area contributed by atoms with Crippen LogP contribution in [-0.2, 0) is 4.74 Å². The lowest BCUT2D eigenvalue weighted by molar-refractivity contribution is 0.0678. The largest absolute Gasteiger partial charge is 0.369 e. The summed E-state index contributed by atoms with van der Waals surface area (Å²) in [4.78, 5) is 0. The van der Waals surface area contributed by atoms with Crippen molar-refractivity contribution >= 4 is 0 Å². The fourth-order valence-corrected chi connectivity index (χ4v) is 1.53. The maximum absolute atomic E-state index is 8.65. The maximum atomic E-state index is 8.65. The van der Waals surface area contributed by atoms with E-state index in [9.17, 15) is 0 Å². The van der Waals surface area contributed by atoms with Gasteiger partial charge in [0.15, 0.2) is 0 Å². The number of nitrogens with zero attached hydrogens (tertiary/aromatic N) is 1. The zero-order chi connectivity index (χ0) is 9.80. The molecule has 1 aliphatic rings. The van der Waals surface area contributed by atoms with Crippen molar-refractivity contribution in [2.24, 2.45) is 0 Å². The first-order chi connectivity index (χ1) is 6.90. The molecule has 1 unspecified atom stereocenters. The quantitative estimate of drug-likeness (QED) is 0.630. The van der Waals surface area contributed by atoms with E-state index in [0.717, 1.165) is 12.0 Å². The average molecular weight is 185 g/mol. The van der Waals surface area contributed by atoms with E-state index in [-0.39, 0.29) is 6.10 Å². The molecule has 0 aromatic heterocycles. The van der Waals surface area contributed by atoms with Crippen molar-refractivity contribution in [2.75, 3.05) is 6.61 Å². The van der Waals surface area contributed by atoms with E-state index in [2.05, 4.69) is 12.1 Å². The van der Waals surface area contributed by atoms with Gasteiger partial charge in [0.25, 0.3) is 0 Å². The van der Waals surface area contributed by atoms with Crippen LogP contribution in [0.4, 0.5) is 0 Å². The van der Waals surface area contributed by atoms with Gasteiger partial charge in [-0.2, -0.15) is 5.26 Å². The molecule has 2 rings (SSSR count). The number of nitriles is 1. The normalized spacial score (nSPS) is 20.4. The second-order valence-electron chi connectivity index (χ2n) is 3.26. The minimum atomic E-state index is 0.160. The first kappa shape index (κ1) is 8.98. The molecule has 1 heterocycles. The van der Waals surface area contributed by atoms with Gasteiger partial charge in [-0.3, -0.25) is 0 Å². The van der Waals surface area contributed by atoms with Crippen LogP contribution in [0.25, 0.3) is 0 Å². The summed E-state index contributed by atoms with van der Waals surface area (Å²) in [7, 11) is 0. The first-order valence-corrected chi connectivity index (χ1v) is 4.67. The molecule has 0 saturated carbocycles. The van der Waals surface area contributed by atoms with Gasteiger partial charge in [0.05, 0.1) is 24.3 Å². The molecular formula is C12H11NO. The molecule has 0 N–H and O–H groups in total. The summed E-state index contributed by atoms with van der Waals surface area (Å²) in [5.41, 5.74) is 1.84. The van der Waals surface area contributed by atoms with Gasteiger partial charge in [-0.15, -0.1) is 0 Å². The number of hydrogen-bond acceptors (Lipinski definition) is 2. The summed E-state index contributed by atoms with van der Waals surface area (Å²) in [6.07, 6.45) is 5.24. The smallest absolute Gasteiger partial charge is 0.0991 e. The molecule has 0 bridgehead atoms. The highest BCUT2D eigenvalue weighted by atomic mass is 16.5. The minimum absolute atomic E-state index is 0.160. The van der Waals surface area contributed by atoms with Crippen LogP contribution < -0.4 is 0 Å². The molecule has 1 aromatic rings. The molecular weight excluding hydrogens is 174 g/mol. The van der Waals surface area contributed by atoms with Gasteiger partial charge in [-0.1, -0.05) is 24.3 Å². The average Bonchev–Trinajstić information content (AvgIpc) is 2.30. The highest BCUT2D eigenvalue weighted by Gasteiger charge is 2.12. The standard InChI is InChI=1S/C12H11NO/c13-9-10-4-6-11(7-5-10)12-3-1-2-8-14-12/h1-2,4-7,12H,3,8H2. The van der Waals surface area contributed by atoms with Crippen molar-refractivity contribution in [3.8, 4) is 6.07 Å². The molecule has 0 saturated heterocycles. The summed E-state index contributed by atoms with van der Waals surface area (Å²) in [5, 5.41) is 8.65. The Balaban J connectivity index is 2.17. The summed E-state index contributed by atoms with van der Waals surface area (Å²) in [6.45, 7) is 0.685. The molecule has 70 valence electrons. The molecule has 0 amide bonds. The number of ether oxygens (including phenoxy) is 1. The van der Waals surface area contributed by atoms with Crippen molar-refractivity contribution in [3.63, 3.8) is 0 Å². The van der Waals surface area contributed by atoms with Gasteiger partial charge in [0.1, 0.15) is 0 Å². The fraction of sp³-hybridized carbons (Fsp3) is 0.250. The van der Waals surface area contributed by atoms with Crippen molar-refractivity contribution < 1.29 is 4.74 Å². The van der Waals surface area contributed by atoms with Gasteiger partial charge < -0.3 is 4.74 Å². The predicted molar refractivity (Wildman–Crippen MR) is 53.6 cm³/mol. The monoisotopic (exact) mass is 185 g/mol. The highest BCUT2D eigenvalue weighted by Crippen LogP contribution is 2.24. The lowest BCUT2D eigenvalue weighted by atomic mass is 10.0. The molecule has 1 aliphatic heterocycles. The fourth-order valence-electron chi connectivity index (χ4n) is 1.53. The Hall–Kier alpha value is -1.59. The maximum Gasteiger partial charge on any atom is 0.0991 e. The van der Waals surface area contributed by atoms with Gasteiger partial charge in [-0.05, 0) is 24.1 Å². The van der Waals surface area contributed by atoms with Crippen molar-refractivity contribution in [1.29, 1.82) is 5.26 Å². The second-order valence-corrected chi connectivity index (χ2v) is 3.26. The molecule has 0 radical (unpaired) electrons. The SMILES string of the molecule is N#Cc1ccc(C2CC=CCO2)cc1. The van der Waals surface area contributed by atoms with E-state index in [1.807, 2.05) is 30.3 Å². The Bertz CT molecular complexity index is 372. The van der Waals surface area contributed by atoms with E-state index >= 15 is 0 Å². The zero-order valence-electron chi connectivity index (χ0n) is 7.81. The molecule has 1 aromatic carbocycles. The first-order valence-electron chi connectivity index (χ1n) is 4.67. The van der Waals surface area contributed by atoms with Gasteiger partial charge >= 0.3 is 0 Å². The third kappa shape index (κ3) is 1.84. The minimum Gasteiger partial charge on any atom is -0.369 e. The van der Waals surface area contributed by atoms with Crippen LogP contribution in [0.5, 0.6) is 0 Å². The molecule has 0 fully saturated rings. The van der Waals surface area contributed by atoms with Crippen LogP contribution in [0.2, 0.25) is 0 Å². The van der Waals surface area contributed by atoms with Gasteiger partial charge in [0, 0.05) is 0 Å². The summed E-state index contributed by atoms with van der Waals surface area (Å²) in [6, 6.07) is 9.68. The Morgan fingerprint density at radius 3 is 2.57 bits per heavy atom. The van der Waals surface area contributed by atoms with Gasteiger partial charge in [-0.25, -0.2) is 0 Å². The molecule has 2 heteroatoms. The van der Waals surface area contributed by atoms with Crippen LogP contribution in [0.3, 0.4) is 0 Å². The summed E-state index contributed by atoms with van der Waals surface area (Å²) < 4.78 is 5.57. The van der Waals surface area contributed by atoms with Crippen molar-refractivity contribution in [3.05, 3.63) is 47.5 Å². The molecule has 14 heavy (non-hydrogen) atoms. The Morgan fingerprint density at radius 2 is 2.00 bits per heavy atom. The number of benzene rings is 1. The van der Waals surface area contributed by atoms with E-state index in [1.54, 1.807) is 0 Å². The Morgan fingerprint density at radius 1 is 1.21 bits per heavy atom. The van der Waals surface area contributed by atoms with Crippen LogP contribution in [0.1, 0.15) is 23.7 Å². The van der Waals surface area contributed by atoms with Gasteiger partial charge in [0.2, 0.25) is 0 Å². The third-order valence-electron chi connectivity index (χ3n) is 2.32. The predicted octanol–water partition coefficient (Wildman–Crippen LogP) is 2.58. The Labute approximate surface area is 83.4 Å². The van der Waals surface area contributed by atoms with Crippen LogP contribution in [0, 0.1) is 11.3 Å². The highest BCUT2D eigenvalue weighted by molar-refractivity contribution is 5.32. The van der Waals surface area contributed by atoms with Crippen LogP contribution in [0.15, 0.2) is 36.4 Å². The molecule has 0 spiro atoms. The number of hydrogen-bond donors (Lipinski definition) is 0. The van der Waals surface area contributed by atoms with Crippen molar-refractivity contribution in [1.82, 2.24) is 0 Å². The molecule has 1 atom stereocenters. The third-order valence-corrected chi connectivity index (χ3v) is 2.32. The molecule has 2 nitrogen and oxygen atoms in total. The van der Waals surface area contributed by atoms with Crippen LogP contribution >= 0.6 is 0 Å². The lowest BCUT2D eigenvalue weighted by Crippen LogP contribution is -2.07. The van der Waals surface area contributed by atoms with E-state index in [1.165, 1.54) is 0 Å². The van der Waals surface area contributed by atoms with E-state index in [4.69, 9.17) is 10.00 Å². The van der Waals surface area contributed by atoms with Crippen molar-refractivity contribution in [2.45, 2.75) is 12.5 Å².